The molecule has 1 aliphatic rings. The molecule has 0 saturated carbocycles. The SMILES string of the molecule is COC(=O)CC1CCCc2c(N)cccc21. The average molecular weight is 219 g/mol. The zero-order valence-corrected chi connectivity index (χ0v) is 9.53. The number of carbonyl (C=O) groups is 1. The quantitative estimate of drug-likeness (QED) is 0.613. The summed E-state index contributed by atoms with van der Waals surface area (Å²) in [6, 6.07) is 5.97. The first-order chi connectivity index (χ1) is 7.72. The van der Waals surface area contributed by atoms with Crippen molar-refractivity contribution in [2.75, 3.05) is 12.8 Å². The molecule has 0 bridgehead atoms. The Morgan fingerprint density at radius 1 is 1.56 bits per heavy atom. The van der Waals surface area contributed by atoms with Gasteiger partial charge in [0.2, 0.25) is 0 Å². The van der Waals surface area contributed by atoms with Gasteiger partial charge in [-0.1, -0.05) is 12.1 Å². The number of nitrogen functional groups attached to an aromatic ring is 1. The van der Waals surface area contributed by atoms with Crippen molar-refractivity contribution in [3.05, 3.63) is 29.3 Å². The second kappa shape index (κ2) is 4.56. The van der Waals surface area contributed by atoms with E-state index in [1.54, 1.807) is 0 Å². The maximum Gasteiger partial charge on any atom is 0.306 e. The van der Waals surface area contributed by atoms with Crippen molar-refractivity contribution in [1.29, 1.82) is 0 Å². The van der Waals surface area contributed by atoms with E-state index in [1.807, 2.05) is 12.1 Å². The van der Waals surface area contributed by atoms with Crippen LogP contribution in [-0.2, 0) is 16.0 Å². The molecule has 3 heteroatoms. The third kappa shape index (κ3) is 2.03. The smallest absolute Gasteiger partial charge is 0.306 e. The zero-order valence-electron chi connectivity index (χ0n) is 9.53. The Bertz CT molecular complexity index is 401. The van der Waals surface area contributed by atoms with Gasteiger partial charge in [-0.15, -0.1) is 0 Å². The van der Waals surface area contributed by atoms with Gasteiger partial charge in [0.15, 0.2) is 0 Å². The number of benzene rings is 1. The second-order valence-corrected chi connectivity index (χ2v) is 4.28. The standard InChI is InChI=1S/C13H17NO2/c1-16-13(15)8-9-4-2-6-11-10(9)5-3-7-12(11)14/h3,5,7,9H,2,4,6,8,14H2,1H3. The van der Waals surface area contributed by atoms with Crippen molar-refractivity contribution >= 4 is 11.7 Å². The number of methoxy groups -OCH3 is 1. The van der Waals surface area contributed by atoms with E-state index in [4.69, 9.17) is 10.5 Å². The minimum absolute atomic E-state index is 0.139. The number of ether oxygens (including phenoxy) is 1. The minimum Gasteiger partial charge on any atom is -0.469 e. The fourth-order valence-electron chi connectivity index (χ4n) is 2.47. The first-order valence-corrected chi connectivity index (χ1v) is 5.66. The molecule has 2 rings (SSSR count). The lowest BCUT2D eigenvalue weighted by Gasteiger charge is -2.25. The predicted molar refractivity (Wildman–Crippen MR) is 63.2 cm³/mol. The molecule has 3 nitrogen and oxygen atoms in total. The van der Waals surface area contributed by atoms with Crippen molar-refractivity contribution in [3.8, 4) is 0 Å². The van der Waals surface area contributed by atoms with E-state index in [0.29, 0.717) is 6.42 Å². The molecule has 16 heavy (non-hydrogen) atoms. The lowest BCUT2D eigenvalue weighted by Crippen LogP contribution is -2.15. The minimum atomic E-state index is -0.139. The highest BCUT2D eigenvalue weighted by molar-refractivity contribution is 5.71. The molecule has 1 aliphatic carbocycles. The van der Waals surface area contributed by atoms with Gasteiger partial charge in [-0.25, -0.2) is 0 Å². The number of nitrogens with two attached hydrogens (primary N) is 1. The Labute approximate surface area is 95.6 Å². The fraction of sp³-hybridized carbons (Fsp3) is 0.462. The fourth-order valence-corrected chi connectivity index (χ4v) is 2.47. The average Bonchev–Trinajstić information content (AvgIpc) is 2.30. The molecule has 0 aromatic heterocycles. The van der Waals surface area contributed by atoms with Gasteiger partial charge in [0, 0.05) is 5.69 Å². The van der Waals surface area contributed by atoms with Crippen molar-refractivity contribution in [2.45, 2.75) is 31.6 Å². The summed E-state index contributed by atoms with van der Waals surface area (Å²) in [4.78, 5) is 11.3. The van der Waals surface area contributed by atoms with Crippen LogP contribution in [0.5, 0.6) is 0 Å². The molecule has 1 aromatic carbocycles. The first-order valence-electron chi connectivity index (χ1n) is 5.66. The van der Waals surface area contributed by atoms with Crippen LogP contribution in [0, 0.1) is 0 Å². The number of carbonyl (C=O) groups excluding carboxylic acids is 1. The molecule has 0 aliphatic heterocycles. The van der Waals surface area contributed by atoms with Gasteiger partial charge in [0.05, 0.1) is 13.5 Å². The molecule has 0 radical (unpaired) electrons. The Kier molecular flexibility index (Phi) is 3.13. The summed E-state index contributed by atoms with van der Waals surface area (Å²) < 4.78 is 4.73. The maximum absolute atomic E-state index is 11.3. The monoisotopic (exact) mass is 219 g/mol. The van der Waals surface area contributed by atoms with Crippen LogP contribution in [0.25, 0.3) is 0 Å². The van der Waals surface area contributed by atoms with E-state index in [1.165, 1.54) is 18.2 Å². The van der Waals surface area contributed by atoms with E-state index < -0.39 is 0 Å². The molecule has 0 heterocycles. The number of esters is 1. The Hall–Kier alpha value is -1.51. The Balaban J connectivity index is 2.26. The molecular weight excluding hydrogens is 202 g/mol. The molecule has 1 aromatic rings. The third-order valence-corrected chi connectivity index (χ3v) is 3.31. The van der Waals surface area contributed by atoms with Crippen molar-refractivity contribution in [3.63, 3.8) is 0 Å². The highest BCUT2D eigenvalue weighted by Gasteiger charge is 2.23. The normalized spacial score (nSPS) is 18.9. The lowest BCUT2D eigenvalue weighted by molar-refractivity contribution is -0.141. The summed E-state index contributed by atoms with van der Waals surface area (Å²) in [5, 5.41) is 0. The van der Waals surface area contributed by atoms with E-state index in [-0.39, 0.29) is 11.9 Å². The van der Waals surface area contributed by atoms with Gasteiger partial charge in [0.1, 0.15) is 0 Å². The summed E-state index contributed by atoms with van der Waals surface area (Å²) in [6.45, 7) is 0. The predicted octanol–water partition coefficient (Wildman–Crippen LogP) is 2.25. The van der Waals surface area contributed by atoms with Crippen molar-refractivity contribution < 1.29 is 9.53 Å². The highest BCUT2D eigenvalue weighted by Crippen LogP contribution is 2.36. The lowest BCUT2D eigenvalue weighted by atomic mass is 9.80. The topological polar surface area (TPSA) is 52.3 Å². The number of rotatable bonds is 2. The van der Waals surface area contributed by atoms with Crippen LogP contribution in [-0.4, -0.2) is 13.1 Å². The molecule has 0 amide bonds. The molecule has 86 valence electrons. The second-order valence-electron chi connectivity index (χ2n) is 4.28. The maximum atomic E-state index is 11.3. The summed E-state index contributed by atoms with van der Waals surface area (Å²) in [7, 11) is 1.44. The summed E-state index contributed by atoms with van der Waals surface area (Å²) in [5.74, 6) is 0.139. The van der Waals surface area contributed by atoms with E-state index in [9.17, 15) is 4.79 Å². The number of fused-ring (bicyclic) bond motifs is 1. The van der Waals surface area contributed by atoms with Crippen molar-refractivity contribution in [2.24, 2.45) is 0 Å². The van der Waals surface area contributed by atoms with E-state index in [2.05, 4.69) is 6.07 Å². The largest absolute Gasteiger partial charge is 0.469 e. The molecule has 1 atom stereocenters. The molecule has 0 saturated heterocycles. The van der Waals surface area contributed by atoms with Gasteiger partial charge in [-0.3, -0.25) is 4.79 Å². The first kappa shape index (κ1) is 11.0. The van der Waals surface area contributed by atoms with Crippen LogP contribution >= 0.6 is 0 Å². The Morgan fingerprint density at radius 2 is 2.38 bits per heavy atom. The van der Waals surface area contributed by atoms with Gasteiger partial charge >= 0.3 is 5.97 Å². The zero-order chi connectivity index (χ0) is 11.5. The van der Waals surface area contributed by atoms with E-state index >= 15 is 0 Å². The number of hydrogen-bond acceptors (Lipinski definition) is 3. The van der Waals surface area contributed by atoms with Crippen LogP contribution < -0.4 is 5.73 Å². The van der Waals surface area contributed by atoms with E-state index in [0.717, 1.165) is 24.9 Å². The van der Waals surface area contributed by atoms with Gasteiger partial charge in [-0.05, 0) is 42.4 Å². The Morgan fingerprint density at radius 3 is 3.12 bits per heavy atom. The van der Waals surface area contributed by atoms with Gasteiger partial charge in [-0.2, -0.15) is 0 Å². The third-order valence-electron chi connectivity index (χ3n) is 3.31. The molecule has 0 spiro atoms. The molecule has 1 unspecified atom stereocenters. The van der Waals surface area contributed by atoms with Crippen LogP contribution in [0.15, 0.2) is 18.2 Å². The van der Waals surface area contributed by atoms with Crippen LogP contribution in [0.1, 0.15) is 36.3 Å². The summed E-state index contributed by atoms with van der Waals surface area (Å²) in [6.07, 6.45) is 3.64. The van der Waals surface area contributed by atoms with Crippen molar-refractivity contribution in [1.82, 2.24) is 0 Å². The van der Waals surface area contributed by atoms with Crippen LogP contribution in [0.4, 0.5) is 5.69 Å². The highest BCUT2D eigenvalue weighted by atomic mass is 16.5. The summed E-state index contributed by atoms with van der Waals surface area (Å²) >= 11 is 0. The molecular formula is C13H17NO2. The molecule has 2 N–H and O–H groups in total. The van der Waals surface area contributed by atoms with Gasteiger partial charge < -0.3 is 10.5 Å². The number of anilines is 1. The number of hydrogen-bond donors (Lipinski definition) is 1. The van der Waals surface area contributed by atoms with Gasteiger partial charge in [0.25, 0.3) is 0 Å². The molecule has 0 fully saturated rings. The van der Waals surface area contributed by atoms with Crippen LogP contribution in [0.2, 0.25) is 0 Å². The van der Waals surface area contributed by atoms with Crippen LogP contribution in [0.3, 0.4) is 0 Å². The summed E-state index contributed by atoms with van der Waals surface area (Å²) in [5.41, 5.74) is 9.26.